The van der Waals surface area contributed by atoms with Crippen molar-refractivity contribution < 1.29 is 5.11 Å². The van der Waals surface area contributed by atoms with Gasteiger partial charge >= 0.3 is 0 Å². The van der Waals surface area contributed by atoms with Gasteiger partial charge in [0, 0.05) is 6.61 Å². The minimum atomic E-state index is 0.289. The highest BCUT2D eigenvalue weighted by Crippen LogP contribution is 2.14. The van der Waals surface area contributed by atoms with Gasteiger partial charge in [-0.25, -0.2) is 0 Å². The van der Waals surface area contributed by atoms with Gasteiger partial charge in [0.15, 0.2) is 0 Å². The van der Waals surface area contributed by atoms with E-state index >= 15 is 0 Å². The van der Waals surface area contributed by atoms with E-state index in [1.807, 2.05) is 0 Å². The summed E-state index contributed by atoms with van der Waals surface area (Å²) in [6.07, 6.45) is 4.09. The number of aliphatic hydroxyl groups is 1. The number of hydrogen-bond acceptors (Lipinski definition) is 1. The van der Waals surface area contributed by atoms with E-state index in [1.54, 1.807) is 0 Å². The van der Waals surface area contributed by atoms with E-state index in [0.29, 0.717) is 0 Å². The quantitative estimate of drug-likeness (QED) is 0.760. The lowest BCUT2D eigenvalue weighted by Crippen LogP contribution is -1.95. The first-order valence-corrected chi connectivity index (χ1v) is 5.53. The van der Waals surface area contributed by atoms with Crippen LogP contribution in [0.5, 0.6) is 0 Å². The number of hydrogen-bond donors (Lipinski definition) is 1. The van der Waals surface area contributed by atoms with Gasteiger partial charge < -0.3 is 5.11 Å². The second kappa shape index (κ2) is 5.82. The second-order valence-electron chi connectivity index (χ2n) is 3.64. The molecule has 0 atom stereocenters. The van der Waals surface area contributed by atoms with Crippen LogP contribution in [0.25, 0.3) is 0 Å². The summed E-state index contributed by atoms with van der Waals surface area (Å²) in [4.78, 5) is 0. The van der Waals surface area contributed by atoms with E-state index in [0.717, 1.165) is 25.7 Å². The first-order valence-electron chi connectivity index (χ1n) is 5.53. The summed E-state index contributed by atoms with van der Waals surface area (Å²) < 4.78 is 0. The summed E-state index contributed by atoms with van der Waals surface area (Å²) in [6, 6.07) is 6.70. The van der Waals surface area contributed by atoms with Gasteiger partial charge in [-0.15, -0.1) is 0 Å². The molecule has 0 saturated heterocycles. The molecule has 0 unspecified atom stereocenters. The molecule has 0 spiro atoms. The molecule has 0 fully saturated rings. The lowest BCUT2D eigenvalue weighted by molar-refractivity contribution is 0.288. The van der Waals surface area contributed by atoms with Crippen molar-refractivity contribution in [2.45, 2.75) is 39.5 Å². The van der Waals surface area contributed by atoms with Gasteiger partial charge in [-0.1, -0.05) is 32.0 Å². The Labute approximate surface area is 86.8 Å². The predicted molar refractivity (Wildman–Crippen MR) is 60.6 cm³/mol. The summed E-state index contributed by atoms with van der Waals surface area (Å²) in [5, 5.41) is 8.75. The normalized spacial score (nSPS) is 10.5. The maximum atomic E-state index is 8.75. The van der Waals surface area contributed by atoms with E-state index in [-0.39, 0.29) is 6.61 Å². The minimum Gasteiger partial charge on any atom is -0.396 e. The molecule has 1 nitrogen and oxygen atoms in total. The minimum absolute atomic E-state index is 0.289. The largest absolute Gasteiger partial charge is 0.396 e. The molecule has 0 amide bonds. The molecular formula is C13H20O. The summed E-state index contributed by atoms with van der Waals surface area (Å²) in [5.41, 5.74) is 4.27. The monoisotopic (exact) mass is 192 g/mol. The summed E-state index contributed by atoms with van der Waals surface area (Å²) in [5.74, 6) is 0. The highest BCUT2D eigenvalue weighted by atomic mass is 16.2. The molecule has 0 radical (unpaired) electrons. The standard InChI is InChI=1S/C13H20O/c1-3-12-8-7-11(6-5-9-14)10-13(12)4-2/h7-8,10,14H,3-6,9H2,1-2H3. The predicted octanol–water partition coefficient (Wildman–Crippen LogP) is 2.74. The van der Waals surface area contributed by atoms with Crippen molar-refractivity contribution in [3.05, 3.63) is 34.9 Å². The first-order chi connectivity index (χ1) is 6.81. The molecule has 14 heavy (non-hydrogen) atoms. The zero-order valence-electron chi connectivity index (χ0n) is 9.21. The van der Waals surface area contributed by atoms with Crippen LogP contribution in [-0.4, -0.2) is 11.7 Å². The highest BCUT2D eigenvalue weighted by Gasteiger charge is 2.00. The molecule has 0 bridgehead atoms. The number of aryl methyl sites for hydroxylation is 3. The van der Waals surface area contributed by atoms with Crippen molar-refractivity contribution in [2.75, 3.05) is 6.61 Å². The van der Waals surface area contributed by atoms with Gasteiger partial charge in [-0.05, 0) is 42.4 Å². The van der Waals surface area contributed by atoms with Gasteiger partial charge in [-0.3, -0.25) is 0 Å². The molecule has 0 heterocycles. The Hall–Kier alpha value is -0.820. The van der Waals surface area contributed by atoms with E-state index in [1.165, 1.54) is 16.7 Å². The molecule has 0 saturated carbocycles. The number of benzene rings is 1. The Bertz CT molecular complexity index is 279. The first kappa shape index (κ1) is 11.3. The van der Waals surface area contributed by atoms with Crippen molar-refractivity contribution in [2.24, 2.45) is 0 Å². The molecule has 0 aromatic heterocycles. The average molecular weight is 192 g/mol. The molecule has 1 rings (SSSR count). The average Bonchev–Trinajstić information content (AvgIpc) is 2.25. The van der Waals surface area contributed by atoms with Crippen molar-refractivity contribution in [3.63, 3.8) is 0 Å². The van der Waals surface area contributed by atoms with Gasteiger partial charge in [-0.2, -0.15) is 0 Å². The van der Waals surface area contributed by atoms with Crippen LogP contribution >= 0.6 is 0 Å². The van der Waals surface area contributed by atoms with E-state index in [2.05, 4.69) is 32.0 Å². The number of aliphatic hydroxyl groups excluding tert-OH is 1. The Morgan fingerprint density at radius 1 is 1.07 bits per heavy atom. The molecule has 1 aromatic rings. The van der Waals surface area contributed by atoms with Crippen LogP contribution in [0, 0.1) is 0 Å². The maximum Gasteiger partial charge on any atom is 0.0434 e. The topological polar surface area (TPSA) is 20.2 Å². The van der Waals surface area contributed by atoms with Crippen LogP contribution in [0.15, 0.2) is 18.2 Å². The molecule has 78 valence electrons. The third-order valence-electron chi connectivity index (χ3n) is 2.66. The van der Waals surface area contributed by atoms with Crippen LogP contribution in [0.2, 0.25) is 0 Å². The van der Waals surface area contributed by atoms with Crippen LogP contribution in [0.3, 0.4) is 0 Å². The molecule has 0 aliphatic rings. The fourth-order valence-electron chi connectivity index (χ4n) is 1.79. The van der Waals surface area contributed by atoms with Crippen molar-refractivity contribution in [3.8, 4) is 0 Å². The molecule has 1 N–H and O–H groups in total. The third-order valence-corrected chi connectivity index (χ3v) is 2.66. The molecular weight excluding hydrogens is 172 g/mol. The zero-order valence-corrected chi connectivity index (χ0v) is 9.21. The van der Waals surface area contributed by atoms with Crippen LogP contribution in [0.1, 0.15) is 37.0 Å². The van der Waals surface area contributed by atoms with Crippen LogP contribution < -0.4 is 0 Å². The van der Waals surface area contributed by atoms with Crippen molar-refractivity contribution in [1.82, 2.24) is 0 Å². The second-order valence-corrected chi connectivity index (χ2v) is 3.64. The molecule has 1 aromatic carbocycles. The van der Waals surface area contributed by atoms with Crippen LogP contribution in [-0.2, 0) is 19.3 Å². The maximum absolute atomic E-state index is 8.75. The van der Waals surface area contributed by atoms with E-state index in [9.17, 15) is 0 Å². The molecule has 0 aliphatic carbocycles. The number of rotatable bonds is 5. The fourth-order valence-corrected chi connectivity index (χ4v) is 1.79. The SMILES string of the molecule is CCc1ccc(CCCO)cc1CC. The Morgan fingerprint density at radius 2 is 1.79 bits per heavy atom. The Morgan fingerprint density at radius 3 is 2.36 bits per heavy atom. The Kier molecular flexibility index (Phi) is 4.68. The smallest absolute Gasteiger partial charge is 0.0434 e. The van der Waals surface area contributed by atoms with Crippen molar-refractivity contribution >= 4 is 0 Å². The van der Waals surface area contributed by atoms with E-state index < -0.39 is 0 Å². The lowest BCUT2D eigenvalue weighted by atomic mass is 9.98. The Balaban J connectivity index is 2.79. The summed E-state index contributed by atoms with van der Waals surface area (Å²) >= 11 is 0. The van der Waals surface area contributed by atoms with Crippen LogP contribution in [0.4, 0.5) is 0 Å². The zero-order chi connectivity index (χ0) is 10.4. The van der Waals surface area contributed by atoms with Crippen molar-refractivity contribution in [1.29, 1.82) is 0 Å². The highest BCUT2D eigenvalue weighted by molar-refractivity contribution is 5.32. The van der Waals surface area contributed by atoms with E-state index in [4.69, 9.17) is 5.11 Å². The van der Waals surface area contributed by atoms with Gasteiger partial charge in [0.05, 0.1) is 0 Å². The van der Waals surface area contributed by atoms with Gasteiger partial charge in [0.25, 0.3) is 0 Å². The summed E-state index contributed by atoms with van der Waals surface area (Å²) in [6.45, 7) is 4.68. The van der Waals surface area contributed by atoms with Gasteiger partial charge in [0.1, 0.15) is 0 Å². The fraction of sp³-hybridized carbons (Fsp3) is 0.538. The molecule has 0 aliphatic heterocycles. The summed E-state index contributed by atoms with van der Waals surface area (Å²) in [7, 11) is 0. The third kappa shape index (κ3) is 2.85. The lowest BCUT2D eigenvalue weighted by Gasteiger charge is -2.08. The molecule has 1 heteroatoms. The van der Waals surface area contributed by atoms with Gasteiger partial charge in [0.2, 0.25) is 0 Å².